The van der Waals surface area contributed by atoms with Crippen LogP contribution in [0.1, 0.15) is 71.7 Å². The van der Waals surface area contributed by atoms with E-state index < -0.39 is 29.7 Å². The number of hydrogen-bond donors (Lipinski definition) is 2. The monoisotopic (exact) mass is 963 g/mol. The van der Waals surface area contributed by atoms with Gasteiger partial charge in [0, 0.05) is 102 Å². The Morgan fingerprint density at radius 1 is 0.676 bits per heavy atom. The van der Waals surface area contributed by atoms with E-state index in [0.717, 1.165) is 168 Å². The van der Waals surface area contributed by atoms with Crippen LogP contribution in [0.3, 0.4) is 0 Å². The highest BCUT2D eigenvalue weighted by molar-refractivity contribution is 6.23. The Morgan fingerprint density at radius 2 is 1.32 bits per heavy atom. The molecule has 3 N–H and O–H groups in total. The van der Waals surface area contributed by atoms with E-state index in [1.54, 1.807) is 12.1 Å². The molecule has 5 aromatic rings. The van der Waals surface area contributed by atoms with Crippen molar-refractivity contribution in [2.75, 3.05) is 102 Å². The van der Waals surface area contributed by atoms with Crippen LogP contribution >= 0.6 is 0 Å². The molecule has 1 unspecified atom stereocenters. The molecule has 11 rings (SSSR count). The number of para-hydroxylation sites is 1. The minimum atomic E-state index is -0.973. The SMILES string of the molecule is Nc1ncnc2c1c(-c1ccc(Oc3ccccc3)cc1)nn2C1CCN(C2CCN(C(=O)N3CCN(CCCN4CCN(c5ccc6c(c5)C(=O)N(C5CCC(=O)NC5=O)C6=O)CC4)CC3)CC2)CC1. The number of aromatic nitrogens is 4. The minimum Gasteiger partial charge on any atom is -0.457 e. The highest BCUT2D eigenvalue weighted by Crippen LogP contribution is 2.37. The van der Waals surface area contributed by atoms with Crippen LogP contribution in [0.2, 0.25) is 0 Å². The molecule has 0 spiro atoms. The van der Waals surface area contributed by atoms with Crippen LogP contribution in [0.25, 0.3) is 22.3 Å². The molecular formula is C52H61N13O6. The summed E-state index contributed by atoms with van der Waals surface area (Å²) >= 11 is 0. The molecule has 19 nitrogen and oxygen atoms in total. The number of nitrogen functional groups attached to an aromatic ring is 1. The minimum absolute atomic E-state index is 0.0926. The summed E-state index contributed by atoms with van der Waals surface area (Å²) in [4.78, 5) is 88.3. The number of urea groups is 1. The number of anilines is 2. The van der Waals surface area contributed by atoms with Crippen LogP contribution in [0.5, 0.6) is 11.5 Å². The second-order valence-corrected chi connectivity index (χ2v) is 19.6. The number of amides is 6. The van der Waals surface area contributed by atoms with Gasteiger partial charge in [-0.15, -0.1) is 0 Å². The molecule has 6 amide bonds. The summed E-state index contributed by atoms with van der Waals surface area (Å²) < 4.78 is 8.09. The number of imide groups is 2. The molecule has 1 atom stereocenters. The zero-order valence-corrected chi connectivity index (χ0v) is 40.0. The van der Waals surface area contributed by atoms with E-state index in [4.69, 9.17) is 15.6 Å². The number of fused-ring (bicyclic) bond motifs is 2. The van der Waals surface area contributed by atoms with Gasteiger partial charge in [0.2, 0.25) is 11.8 Å². The number of nitrogens with zero attached hydrogens (tertiary/aromatic N) is 11. The number of nitrogens with one attached hydrogen (secondary N) is 1. The van der Waals surface area contributed by atoms with Crippen LogP contribution in [-0.4, -0.2) is 183 Å². The van der Waals surface area contributed by atoms with E-state index in [9.17, 15) is 24.0 Å². The number of ether oxygens (including phenoxy) is 1. The van der Waals surface area contributed by atoms with Gasteiger partial charge in [-0.3, -0.25) is 39.2 Å². The van der Waals surface area contributed by atoms with E-state index >= 15 is 0 Å². The molecule has 8 heterocycles. The average Bonchev–Trinajstić information content (AvgIpc) is 3.92. The molecule has 6 aliphatic heterocycles. The Kier molecular flexibility index (Phi) is 13.1. The highest BCUT2D eigenvalue weighted by Gasteiger charge is 2.45. The molecule has 6 aliphatic rings. The first kappa shape index (κ1) is 46.4. The van der Waals surface area contributed by atoms with E-state index in [0.29, 0.717) is 23.0 Å². The van der Waals surface area contributed by atoms with Gasteiger partial charge in [-0.05, 0) is 106 Å². The molecule has 5 saturated heterocycles. The largest absolute Gasteiger partial charge is 0.457 e. The maximum Gasteiger partial charge on any atom is 0.320 e. The van der Waals surface area contributed by atoms with Crippen LogP contribution in [0, 0.1) is 0 Å². The van der Waals surface area contributed by atoms with Crippen LogP contribution < -0.4 is 20.7 Å². The number of carbonyl (C=O) groups excluding carboxylic acids is 5. The summed E-state index contributed by atoms with van der Waals surface area (Å²) in [5.74, 6) is -0.0268. The van der Waals surface area contributed by atoms with Crippen molar-refractivity contribution in [1.29, 1.82) is 0 Å². The molecule has 2 aromatic heterocycles. The fourth-order valence-electron chi connectivity index (χ4n) is 11.4. The molecular weight excluding hydrogens is 903 g/mol. The zero-order chi connectivity index (χ0) is 48.6. The lowest BCUT2D eigenvalue weighted by Gasteiger charge is -2.43. The predicted molar refractivity (Wildman–Crippen MR) is 266 cm³/mol. The summed E-state index contributed by atoms with van der Waals surface area (Å²) in [6.07, 6.45) is 6.66. The first-order valence-corrected chi connectivity index (χ1v) is 25.3. The van der Waals surface area contributed by atoms with Gasteiger partial charge in [0.05, 0.1) is 22.6 Å². The number of piperazine rings is 2. The number of rotatable bonds is 11. The summed E-state index contributed by atoms with van der Waals surface area (Å²) in [5, 5.41) is 8.16. The quantitative estimate of drug-likeness (QED) is 0.178. The normalized spacial score (nSPS) is 21.3. The fourth-order valence-corrected chi connectivity index (χ4v) is 11.4. The third-order valence-corrected chi connectivity index (χ3v) is 15.5. The van der Waals surface area contributed by atoms with Crippen LogP contribution in [0.4, 0.5) is 16.3 Å². The Bertz CT molecular complexity index is 2790. The van der Waals surface area contributed by atoms with Crippen LogP contribution in [-0.2, 0) is 9.59 Å². The Morgan fingerprint density at radius 3 is 2.03 bits per heavy atom. The summed E-state index contributed by atoms with van der Waals surface area (Å²) in [5.41, 5.74) is 10.4. The molecule has 0 aliphatic carbocycles. The lowest BCUT2D eigenvalue weighted by molar-refractivity contribution is -0.136. The number of piperidine rings is 3. The average molecular weight is 964 g/mol. The maximum absolute atomic E-state index is 13.7. The lowest BCUT2D eigenvalue weighted by atomic mass is 9.98. The smallest absolute Gasteiger partial charge is 0.320 e. The molecule has 0 radical (unpaired) electrons. The van der Waals surface area contributed by atoms with Crippen molar-refractivity contribution in [3.63, 3.8) is 0 Å². The highest BCUT2D eigenvalue weighted by atomic mass is 16.5. The maximum atomic E-state index is 13.7. The lowest BCUT2D eigenvalue weighted by Crippen LogP contribution is -2.56. The Hall–Kier alpha value is -6.96. The Balaban J connectivity index is 0.593. The fraction of sp³-hybridized carbons (Fsp3) is 0.462. The molecule has 0 bridgehead atoms. The van der Waals surface area contributed by atoms with Gasteiger partial charge >= 0.3 is 6.03 Å². The third-order valence-electron chi connectivity index (χ3n) is 15.5. The first-order chi connectivity index (χ1) is 34.6. The van der Waals surface area contributed by atoms with Gasteiger partial charge in [0.15, 0.2) is 5.65 Å². The van der Waals surface area contributed by atoms with E-state index in [-0.39, 0.29) is 24.9 Å². The van der Waals surface area contributed by atoms with Gasteiger partial charge in [0.25, 0.3) is 11.8 Å². The Labute approximate surface area is 412 Å². The van der Waals surface area contributed by atoms with Gasteiger partial charge in [-0.25, -0.2) is 19.4 Å². The van der Waals surface area contributed by atoms with Gasteiger partial charge < -0.3 is 30.1 Å². The summed E-state index contributed by atoms with van der Waals surface area (Å²) in [7, 11) is 0. The molecule has 370 valence electrons. The van der Waals surface area contributed by atoms with Crippen molar-refractivity contribution in [2.24, 2.45) is 0 Å². The predicted octanol–water partition coefficient (Wildman–Crippen LogP) is 4.32. The standard InChI is InChI=1S/C52H61N13O6/c53-47-45-46(35-7-10-40(11-8-35)71-39-5-2-1-3-6-39)57-65(48(45)55-34-54-47)37-17-21-60(22-18-37)36-15-23-62(24-16-36)52(70)63-31-27-59(28-32-63)20-4-19-58-25-29-61(30-26-58)38-9-12-41-42(33-38)51(69)64(50(41)68)43-13-14-44(66)56-49(43)67/h1-3,5-12,33-34,36-37,43H,4,13-32H2,(H2,53,54,55)(H,56,66,67). The van der Waals surface area contributed by atoms with E-state index in [1.807, 2.05) is 65.6 Å². The van der Waals surface area contributed by atoms with Crippen molar-refractivity contribution in [3.05, 3.63) is 90.3 Å². The summed E-state index contributed by atoms with van der Waals surface area (Å²) in [6.45, 7) is 12.1. The molecule has 71 heavy (non-hydrogen) atoms. The van der Waals surface area contributed by atoms with Crippen molar-refractivity contribution < 1.29 is 28.7 Å². The molecule has 3 aromatic carbocycles. The van der Waals surface area contributed by atoms with Gasteiger partial charge in [0.1, 0.15) is 35.4 Å². The second kappa shape index (κ2) is 20.0. The van der Waals surface area contributed by atoms with E-state index in [2.05, 4.69) is 44.5 Å². The first-order valence-electron chi connectivity index (χ1n) is 25.3. The number of hydrogen-bond acceptors (Lipinski definition) is 14. The number of nitrogens with two attached hydrogens (primary N) is 1. The number of carbonyl (C=O) groups is 5. The number of likely N-dealkylation sites (tertiary alicyclic amines) is 2. The third kappa shape index (κ3) is 9.52. The van der Waals surface area contributed by atoms with Crippen molar-refractivity contribution >= 4 is 52.2 Å². The zero-order valence-electron chi connectivity index (χ0n) is 40.0. The topological polar surface area (TPSA) is 199 Å². The second-order valence-electron chi connectivity index (χ2n) is 19.6. The van der Waals surface area contributed by atoms with E-state index in [1.165, 1.54) is 6.33 Å². The van der Waals surface area contributed by atoms with Crippen molar-refractivity contribution in [1.82, 2.24) is 54.5 Å². The molecule has 19 heteroatoms. The summed E-state index contributed by atoms with van der Waals surface area (Å²) in [6, 6.07) is 22.8. The van der Waals surface area contributed by atoms with Crippen LogP contribution in [0.15, 0.2) is 79.1 Å². The molecule has 5 fully saturated rings. The van der Waals surface area contributed by atoms with Gasteiger partial charge in [-0.2, -0.15) is 5.10 Å². The van der Waals surface area contributed by atoms with Crippen molar-refractivity contribution in [3.8, 4) is 22.8 Å². The van der Waals surface area contributed by atoms with Crippen molar-refractivity contribution in [2.45, 2.75) is 63.1 Å². The molecule has 0 saturated carbocycles. The number of benzene rings is 3. The van der Waals surface area contributed by atoms with Gasteiger partial charge in [-0.1, -0.05) is 18.2 Å².